The number of pyridine rings is 2. The Morgan fingerprint density at radius 3 is 2.86 bits per heavy atom. The Morgan fingerprint density at radius 1 is 1.36 bits per heavy atom. The Kier molecular flexibility index (Phi) is 2.08. The van der Waals surface area contributed by atoms with E-state index in [9.17, 15) is 5.11 Å². The normalized spacial score (nSPS) is 11.1. The summed E-state index contributed by atoms with van der Waals surface area (Å²) in [5.74, 6) is 0.518. The second kappa shape index (κ2) is 3.25. The van der Waals surface area contributed by atoms with E-state index in [1.807, 2.05) is 26.0 Å². The van der Waals surface area contributed by atoms with Crippen molar-refractivity contribution in [3.8, 4) is 5.75 Å². The average Bonchev–Trinajstić information content (AvgIpc) is 2.17. The Balaban J connectivity index is 2.72. The van der Waals surface area contributed by atoms with Gasteiger partial charge in [0.2, 0.25) is 0 Å². The molecule has 0 saturated heterocycles. The lowest BCUT2D eigenvalue weighted by atomic mass is 10.1. The molecule has 0 amide bonds. The molecule has 0 fully saturated rings. The predicted octanol–water partition coefficient (Wildman–Crippen LogP) is 2.46. The smallest absolute Gasteiger partial charge is 0.145 e. The summed E-state index contributed by atoms with van der Waals surface area (Å²) in [5.41, 5.74) is 2.20. The first kappa shape index (κ1) is 8.94. The minimum atomic E-state index is 0.208. The molecule has 0 radical (unpaired) electrons. The molecule has 0 saturated carbocycles. The van der Waals surface area contributed by atoms with Gasteiger partial charge in [0.15, 0.2) is 0 Å². The van der Waals surface area contributed by atoms with E-state index in [-0.39, 0.29) is 5.75 Å². The zero-order valence-electron chi connectivity index (χ0n) is 8.23. The predicted molar refractivity (Wildman–Crippen MR) is 55.3 cm³/mol. The van der Waals surface area contributed by atoms with Crippen LogP contribution < -0.4 is 0 Å². The first-order valence-electron chi connectivity index (χ1n) is 4.63. The average molecular weight is 188 g/mol. The van der Waals surface area contributed by atoms with Crippen LogP contribution in [0.15, 0.2) is 24.4 Å². The van der Waals surface area contributed by atoms with Crippen LogP contribution in [0.3, 0.4) is 0 Å². The maximum absolute atomic E-state index is 9.70. The number of nitrogens with zero attached hydrogens (tertiary/aromatic N) is 2. The van der Waals surface area contributed by atoms with Gasteiger partial charge >= 0.3 is 0 Å². The van der Waals surface area contributed by atoms with Crippen LogP contribution in [-0.4, -0.2) is 15.1 Å². The number of rotatable bonds is 1. The fraction of sp³-hybridized carbons (Fsp3) is 0.273. The minimum absolute atomic E-state index is 0.208. The first-order chi connectivity index (χ1) is 6.68. The quantitative estimate of drug-likeness (QED) is 0.747. The second-order valence-corrected chi connectivity index (χ2v) is 3.59. The van der Waals surface area contributed by atoms with E-state index in [0.717, 1.165) is 11.2 Å². The van der Waals surface area contributed by atoms with Crippen molar-refractivity contribution in [3.05, 3.63) is 30.1 Å². The van der Waals surface area contributed by atoms with Crippen LogP contribution in [0.2, 0.25) is 0 Å². The van der Waals surface area contributed by atoms with Crippen molar-refractivity contribution in [1.29, 1.82) is 0 Å². The van der Waals surface area contributed by atoms with Crippen molar-refractivity contribution in [1.82, 2.24) is 9.97 Å². The molecule has 0 atom stereocenters. The van der Waals surface area contributed by atoms with Crippen LogP contribution in [0, 0.1) is 0 Å². The van der Waals surface area contributed by atoms with Crippen LogP contribution in [0.25, 0.3) is 11.0 Å². The zero-order chi connectivity index (χ0) is 10.1. The van der Waals surface area contributed by atoms with Crippen LogP contribution >= 0.6 is 0 Å². The first-order valence-corrected chi connectivity index (χ1v) is 4.63. The van der Waals surface area contributed by atoms with Crippen LogP contribution in [0.5, 0.6) is 5.75 Å². The molecule has 0 aliphatic carbocycles. The number of aromatic nitrogens is 2. The van der Waals surface area contributed by atoms with Crippen LogP contribution in [-0.2, 0) is 0 Å². The maximum atomic E-state index is 9.70. The van der Waals surface area contributed by atoms with Gasteiger partial charge in [0.05, 0.1) is 5.52 Å². The fourth-order valence-corrected chi connectivity index (χ4v) is 1.36. The van der Waals surface area contributed by atoms with Gasteiger partial charge in [0.1, 0.15) is 11.3 Å². The second-order valence-electron chi connectivity index (χ2n) is 3.59. The van der Waals surface area contributed by atoms with Gasteiger partial charge in [-0.25, -0.2) is 0 Å². The van der Waals surface area contributed by atoms with Crippen molar-refractivity contribution in [2.24, 2.45) is 0 Å². The number of aromatic hydroxyl groups is 1. The Hall–Kier alpha value is -1.64. The molecule has 0 unspecified atom stereocenters. The molecular weight excluding hydrogens is 176 g/mol. The highest BCUT2D eigenvalue weighted by molar-refractivity contribution is 5.80. The third kappa shape index (κ3) is 1.41. The highest BCUT2D eigenvalue weighted by Crippen LogP contribution is 2.24. The molecule has 2 heterocycles. The van der Waals surface area contributed by atoms with Crippen molar-refractivity contribution in [3.63, 3.8) is 0 Å². The highest BCUT2D eigenvalue weighted by atomic mass is 16.3. The summed E-state index contributed by atoms with van der Waals surface area (Å²) in [5, 5.41) is 9.70. The molecule has 0 aromatic carbocycles. The minimum Gasteiger partial charge on any atom is -0.506 e. The van der Waals surface area contributed by atoms with E-state index >= 15 is 0 Å². The fourth-order valence-electron chi connectivity index (χ4n) is 1.36. The van der Waals surface area contributed by atoms with Gasteiger partial charge in [0, 0.05) is 18.0 Å². The molecule has 3 nitrogen and oxygen atoms in total. The molecule has 0 aliphatic rings. The molecule has 14 heavy (non-hydrogen) atoms. The van der Waals surface area contributed by atoms with Crippen LogP contribution in [0.1, 0.15) is 25.5 Å². The van der Waals surface area contributed by atoms with Gasteiger partial charge in [-0.05, 0) is 18.1 Å². The Bertz CT molecular complexity index is 466. The van der Waals surface area contributed by atoms with Crippen molar-refractivity contribution in [2.45, 2.75) is 19.8 Å². The van der Waals surface area contributed by atoms with Gasteiger partial charge in [-0.3, -0.25) is 9.97 Å². The zero-order valence-corrected chi connectivity index (χ0v) is 8.23. The summed E-state index contributed by atoms with van der Waals surface area (Å²) in [6.45, 7) is 4.09. The van der Waals surface area contributed by atoms with Gasteiger partial charge < -0.3 is 5.11 Å². The molecule has 0 spiro atoms. The summed E-state index contributed by atoms with van der Waals surface area (Å²) in [6, 6.07) is 5.35. The molecule has 3 heteroatoms. The molecule has 2 aromatic heterocycles. The van der Waals surface area contributed by atoms with Crippen molar-refractivity contribution in [2.75, 3.05) is 0 Å². The number of hydrogen-bond acceptors (Lipinski definition) is 3. The number of hydrogen-bond donors (Lipinski definition) is 1. The molecular formula is C11H12N2O. The van der Waals surface area contributed by atoms with E-state index in [0.29, 0.717) is 11.4 Å². The summed E-state index contributed by atoms with van der Waals surface area (Å²) < 4.78 is 0. The lowest BCUT2D eigenvalue weighted by molar-refractivity contribution is 0.478. The maximum Gasteiger partial charge on any atom is 0.145 e. The Morgan fingerprint density at radius 2 is 2.14 bits per heavy atom. The summed E-state index contributed by atoms with van der Waals surface area (Å²) in [4.78, 5) is 8.48. The van der Waals surface area contributed by atoms with Gasteiger partial charge in [-0.2, -0.15) is 0 Å². The summed E-state index contributed by atoms with van der Waals surface area (Å²) in [7, 11) is 0. The van der Waals surface area contributed by atoms with Gasteiger partial charge in [0.25, 0.3) is 0 Å². The molecule has 72 valence electrons. The summed E-state index contributed by atoms with van der Waals surface area (Å²) in [6.07, 6.45) is 1.65. The third-order valence-electron chi connectivity index (χ3n) is 2.15. The molecule has 0 bridgehead atoms. The lowest BCUT2D eigenvalue weighted by Crippen LogP contribution is -1.93. The summed E-state index contributed by atoms with van der Waals surface area (Å²) >= 11 is 0. The lowest BCUT2D eigenvalue weighted by Gasteiger charge is -2.06. The number of fused-ring (bicyclic) bond motifs is 1. The highest BCUT2D eigenvalue weighted by Gasteiger charge is 2.07. The molecule has 2 aromatic rings. The van der Waals surface area contributed by atoms with Gasteiger partial charge in [-0.1, -0.05) is 13.8 Å². The largest absolute Gasteiger partial charge is 0.506 e. The van der Waals surface area contributed by atoms with E-state index < -0.39 is 0 Å². The monoisotopic (exact) mass is 188 g/mol. The van der Waals surface area contributed by atoms with Crippen molar-refractivity contribution < 1.29 is 5.11 Å². The van der Waals surface area contributed by atoms with E-state index in [1.54, 1.807) is 12.3 Å². The molecule has 0 aliphatic heterocycles. The third-order valence-corrected chi connectivity index (χ3v) is 2.15. The van der Waals surface area contributed by atoms with E-state index in [1.165, 1.54) is 0 Å². The van der Waals surface area contributed by atoms with Gasteiger partial charge in [-0.15, -0.1) is 0 Å². The molecule has 1 N–H and O–H groups in total. The molecule has 2 rings (SSSR count). The Labute approximate surface area is 82.4 Å². The van der Waals surface area contributed by atoms with E-state index in [2.05, 4.69) is 9.97 Å². The van der Waals surface area contributed by atoms with Crippen molar-refractivity contribution >= 4 is 11.0 Å². The SMILES string of the molecule is CC(C)c1cc(O)c2ncccc2n1. The van der Waals surface area contributed by atoms with E-state index in [4.69, 9.17) is 0 Å². The van der Waals surface area contributed by atoms with Crippen LogP contribution in [0.4, 0.5) is 0 Å². The standard InChI is InChI=1S/C11H12N2O/c1-7(2)9-6-10(14)11-8(13-9)4-3-5-12-11/h3-7H,1-2H3,(H,13,14). The topological polar surface area (TPSA) is 46.0 Å².